The Morgan fingerprint density at radius 2 is 1.70 bits per heavy atom. The summed E-state index contributed by atoms with van der Waals surface area (Å²) in [7, 11) is 0. The third-order valence-electron chi connectivity index (χ3n) is 6.01. The summed E-state index contributed by atoms with van der Waals surface area (Å²) in [5, 5.41) is 0.978. The van der Waals surface area contributed by atoms with Crippen LogP contribution in [0, 0.1) is 0 Å². The monoisotopic (exact) mass is 438 g/mol. The first-order valence-electron chi connectivity index (χ1n) is 10.9. The van der Waals surface area contributed by atoms with Gasteiger partial charge in [-0.1, -0.05) is 42.5 Å². The second-order valence-electron chi connectivity index (χ2n) is 8.14. The van der Waals surface area contributed by atoms with E-state index in [1.54, 1.807) is 6.07 Å². The van der Waals surface area contributed by atoms with E-state index in [1.807, 2.05) is 42.6 Å². The maximum atomic E-state index is 13.1. The summed E-state index contributed by atoms with van der Waals surface area (Å²) in [6.45, 7) is 2.18. The lowest BCUT2D eigenvalue weighted by Gasteiger charge is -2.18. The van der Waals surface area contributed by atoms with Crippen molar-refractivity contribution in [3.05, 3.63) is 88.3 Å². The molecule has 0 unspecified atom stereocenters. The van der Waals surface area contributed by atoms with Crippen molar-refractivity contribution in [3.8, 4) is 22.8 Å². The molecule has 0 saturated heterocycles. The zero-order valence-electron chi connectivity index (χ0n) is 17.9. The van der Waals surface area contributed by atoms with Gasteiger partial charge in [0.1, 0.15) is 18.9 Å². The number of nitrogens with two attached hydrogens (primary N) is 1. The van der Waals surface area contributed by atoms with Gasteiger partial charge in [0.25, 0.3) is 5.56 Å². The maximum absolute atomic E-state index is 13.1. The Labute approximate surface area is 189 Å². The second-order valence-corrected chi connectivity index (χ2v) is 8.14. The largest absolute Gasteiger partial charge is 0.486 e. The highest BCUT2D eigenvalue weighted by Gasteiger charge is 2.18. The van der Waals surface area contributed by atoms with Crippen molar-refractivity contribution in [3.63, 3.8) is 0 Å². The van der Waals surface area contributed by atoms with Crippen LogP contribution in [-0.2, 0) is 13.1 Å². The molecule has 0 aliphatic carbocycles. The fourth-order valence-corrected chi connectivity index (χ4v) is 4.35. The number of H-pyrrole nitrogens is 1. The number of hydrogen-bond acceptors (Lipinski definition) is 5. The zero-order valence-corrected chi connectivity index (χ0v) is 17.9. The first-order chi connectivity index (χ1) is 16.2. The number of benzene rings is 3. The Morgan fingerprint density at radius 3 is 2.48 bits per heavy atom. The minimum Gasteiger partial charge on any atom is -0.486 e. The van der Waals surface area contributed by atoms with Crippen LogP contribution in [0.1, 0.15) is 11.1 Å². The van der Waals surface area contributed by atoms with Crippen LogP contribution in [0.3, 0.4) is 0 Å². The van der Waals surface area contributed by atoms with Crippen LogP contribution in [0.25, 0.3) is 33.2 Å². The molecule has 0 fully saturated rings. The molecule has 164 valence electrons. The fraction of sp³-hybridized carbons (Fsp3) is 0.154. The predicted molar refractivity (Wildman–Crippen MR) is 128 cm³/mol. The lowest BCUT2D eigenvalue weighted by molar-refractivity contribution is 0.172. The van der Waals surface area contributed by atoms with Crippen LogP contribution < -0.4 is 20.8 Å². The molecule has 5 aromatic rings. The zero-order chi connectivity index (χ0) is 22.4. The highest BCUT2D eigenvalue weighted by atomic mass is 16.6. The molecule has 1 aliphatic heterocycles. The van der Waals surface area contributed by atoms with Gasteiger partial charge in [-0.25, -0.2) is 4.98 Å². The van der Waals surface area contributed by atoms with Crippen molar-refractivity contribution in [2.24, 2.45) is 5.73 Å². The quantitative estimate of drug-likeness (QED) is 0.445. The topological polar surface area (TPSA) is 95.2 Å². The van der Waals surface area contributed by atoms with Crippen molar-refractivity contribution in [2.75, 3.05) is 13.2 Å². The molecule has 1 aliphatic rings. The van der Waals surface area contributed by atoms with E-state index in [-0.39, 0.29) is 5.56 Å². The van der Waals surface area contributed by atoms with E-state index < -0.39 is 0 Å². The number of fused-ring (bicyclic) bond motifs is 3. The molecular weight excluding hydrogens is 416 g/mol. The van der Waals surface area contributed by atoms with E-state index in [4.69, 9.17) is 20.2 Å². The molecule has 0 bridgehead atoms. The molecule has 0 radical (unpaired) electrons. The van der Waals surface area contributed by atoms with Gasteiger partial charge >= 0.3 is 0 Å². The summed E-state index contributed by atoms with van der Waals surface area (Å²) >= 11 is 0. The number of nitrogens with one attached hydrogen (secondary N) is 1. The van der Waals surface area contributed by atoms with E-state index >= 15 is 0 Å². The highest BCUT2D eigenvalue weighted by molar-refractivity contribution is 5.96. The number of nitrogens with zero attached hydrogens (tertiary/aromatic N) is 2. The second kappa shape index (κ2) is 7.79. The summed E-state index contributed by atoms with van der Waals surface area (Å²) in [6.07, 6.45) is 2.00. The van der Waals surface area contributed by atoms with Crippen molar-refractivity contribution in [1.29, 1.82) is 0 Å². The minimum atomic E-state index is -0.241. The molecule has 6 rings (SSSR count). The van der Waals surface area contributed by atoms with E-state index in [0.717, 1.165) is 27.6 Å². The smallest absolute Gasteiger partial charge is 0.275 e. The minimum absolute atomic E-state index is 0.241. The number of aromatic nitrogens is 3. The van der Waals surface area contributed by atoms with E-state index in [2.05, 4.69) is 27.8 Å². The van der Waals surface area contributed by atoms with Crippen LogP contribution in [0.5, 0.6) is 11.5 Å². The standard InChI is InChI=1S/C26H22N4O3/c27-13-16-5-7-17(8-6-16)14-30-15-19(18-3-1-2-4-22(18)30)25-26(31)29-21-12-24-23(11-20(21)28-25)32-9-10-33-24/h1-8,11-12,15H,9-10,13-14,27H2,(H,29,31). The molecule has 0 amide bonds. The Balaban J connectivity index is 1.48. The van der Waals surface area contributed by atoms with Crippen molar-refractivity contribution >= 4 is 21.9 Å². The van der Waals surface area contributed by atoms with Crippen LogP contribution in [0.2, 0.25) is 0 Å². The van der Waals surface area contributed by atoms with Gasteiger partial charge in [-0.2, -0.15) is 0 Å². The Kier molecular flexibility index (Phi) is 4.62. The van der Waals surface area contributed by atoms with Gasteiger partial charge in [0.05, 0.1) is 11.0 Å². The summed E-state index contributed by atoms with van der Waals surface area (Å²) in [5.41, 5.74) is 11.2. The molecule has 3 aromatic carbocycles. The van der Waals surface area contributed by atoms with Crippen molar-refractivity contribution in [2.45, 2.75) is 13.1 Å². The molecular formula is C26H22N4O3. The molecule has 3 heterocycles. The molecule has 0 atom stereocenters. The Morgan fingerprint density at radius 1 is 0.970 bits per heavy atom. The Hall–Kier alpha value is -4.10. The lowest BCUT2D eigenvalue weighted by Crippen LogP contribution is -2.16. The molecule has 7 heteroatoms. The van der Waals surface area contributed by atoms with Gasteiger partial charge < -0.3 is 24.8 Å². The Bertz CT molecular complexity index is 1550. The summed E-state index contributed by atoms with van der Waals surface area (Å²) in [6, 6.07) is 19.9. The number of rotatable bonds is 4. The van der Waals surface area contributed by atoms with Gasteiger partial charge in [0.2, 0.25) is 0 Å². The van der Waals surface area contributed by atoms with Crippen LogP contribution in [-0.4, -0.2) is 27.7 Å². The predicted octanol–water partition coefficient (Wildman–Crippen LogP) is 3.82. The number of aromatic amines is 1. The SMILES string of the molecule is NCc1ccc(Cn2cc(-c3nc4cc5c(cc4[nH]c3=O)OCCO5)c3ccccc32)cc1. The van der Waals surface area contributed by atoms with Gasteiger partial charge in [-0.15, -0.1) is 0 Å². The summed E-state index contributed by atoms with van der Waals surface area (Å²) < 4.78 is 13.5. The molecule has 2 aromatic heterocycles. The van der Waals surface area contributed by atoms with Crippen LogP contribution in [0.15, 0.2) is 71.7 Å². The fourth-order valence-electron chi connectivity index (χ4n) is 4.35. The van der Waals surface area contributed by atoms with Gasteiger partial charge in [-0.05, 0) is 17.2 Å². The van der Waals surface area contributed by atoms with Gasteiger partial charge in [0, 0.05) is 47.9 Å². The molecule has 3 N–H and O–H groups in total. The normalized spacial score (nSPS) is 13.0. The van der Waals surface area contributed by atoms with E-state index in [1.165, 1.54) is 0 Å². The lowest BCUT2D eigenvalue weighted by atomic mass is 10.1. The molecule has 0 spiro atoms. The van der Waals surface area contributed by atoms with Crippen LogP contribution >= 0.6 is 0 Å². The van der Waals surface area contributed by atoms with Gasteiger partial charge in [0.15, 0.2) is 11.5 Å². The summed E-state index contributed by atoms with van der Waals surface area (Å²) in [5.74, 6) is 1.26. The molecule has 33 heavy (non-hydrogen) atoms. The average Bonchev–Trinajstić information content (AvgIpc) is 3.21. The van der Waals surface area contributed by atoms with Crippen molar-refractivity contribution in [1.82, 2.24) is 14.5 Å². The first-order valence-corrected chi connectivity index (χ1v) is 10.9. The third kappa shape index (κ3) is 3.43. The maximum Gasteiger partial charge on any atom is 0.275 e. The third-order valence-corrected chi connectivity index (χ3v) is 6.01. The van der Waals surface area contributed by atoms with Crippen LogP contribution in [0.4, 0.5) is 0 Å². The number of para-hydroxylation sites is 1. The first kappa shape index (κ1) is 19.6. The summed E-state index contributed by atoms with van der Waals surface area (Å²) in [4.78, 5) is 20.8. The highest BCUT2D eigenvalue weighted by Crippen LogP contribution is 2.34. The number of ether oxygens (including phenoxy) is 2. The molecule has 7 nitrogen and oxygen atoms in total. The van der Waals surface area contributed by atoms with E-state index in [0.29, 0.717) is 54.5 Å². The number of hydrogen-bond donors (Lipinski definition) is 2. The molecule has 0 saturated carbocycles. The van der Waals surface area contributed by atoms with Gasteiger partial charge in [-0.3, -0.25) is 4.79 Å². The average molecular weight is 438 g/mol. The van der Waals surface area contributed by atoms with Crippen molar-refractivity contribution < 1.29 is 9.47 Å². The van der Waals surface area contributed by atoms with E-state index in [9.17, 15) is 4.79 Å².